The zero-order chi connectivity index (χ0) is 19.3. The zero-order valence-electron chi connectivity index (χ0n) is 14.6. The Hall–Kier alpha value is -3.53. The topological polar surface area (TPSA) is 108 Å². The Bertz CT molecular complexity index is 1180. The molecule has 0 aliphatic carbocycles. The van der Waals surface area contributed by atoms with E-state index in [0.29, 0.717) is 16.8 Å². The minimum atomic E-state index is -0.521. The second-order valence-corrected chi connectivity index (χ2v) is 6.10. The summed E-state index contributed by atoms with van der Waals surface area (Å²) in [6.07, 6.45) is 1.41. The van der Waals surface area contributed by atoms with Gasteiger partial charge in [0.1, 0.15) is 5.65 Å². The predicted molar refractivity (Wildman–Crippen MR) is 93.1 cm³/mol. The number of aryl methyl sites for hydroxylation is 1. The smallest absolute Gasteiger partial charge is 0.314 e. The molecule has 1 aromatic carbocycles. The summed E-state index contributed by atoms with van der Waals surface area (Å²) in [7, 11) is 2.92. The molecule has 1 aliphatic heterocycles. The molecule has 0 N–H and O–H groups in total. The molecule has 27 heavy (non-hydrogen) atoms. The van der Waals surface area contributed by atoms with Gasteiger partial charge < -0.3 is 4.57 Å². The van der Waals surface area contributed by atoms with Gasteiger partial charge in [-0.05, 0) is 12.1 Å². The number of nitrogens with zero attached hydrogens (tertiary/aromatic N) is 5. The Morgan fingerprint density at radius 1 is 0.963 bits per heavy atom. The summed E-state index contributed by atoms with van der Waals surface area (Å²) in [5, 5.41) is 0.724. The maximum atomic E-state index is 12.3. The SMILES string of the molecule is Cn1c(=O)c2ncn(CCON3C(=O)c4ccccc4C3=O)c2n(C)c1=O. The first kappa shape index (κ1) is 16.9. The number of benzene rings is 1. The number of carbonyl (C=O) groups excluding carboxylic acids is 2. The fourth-order valence-electron chi connectivity index (χ4n) is 3.12. The van der Waals surface area contributed by atoms with Gasteiger partial charge in [-0.15, -0.1) is 5.06 Å². The van der Waals surface area contributed by atoms with Gasteiger partial charge in [0.05, 0.1) is 30.6 Å². The fraction of sp³-hybridized carbons (Fsp3) is 0.235. The van der Waals surface area contributed by atoms with E-state index in [1.165, 1.54) is 25.0 Å². The molecule has 0 saturated heterocycles. The van der Waals surface area contributed by atoms with Crippen LogP contribution in [-0.4, -0.2) is 42.2 Å². The van der Waals surface area contributed by atoms with Gasteiger partial charge in [-0.2, -0.15) is 0 Å². The van der Waals surface area contributed by atoms with E-state index in [-0.39, 0.29) is 18.7 Å². The number of carbonyl (C=O) groups is 2. The van der Waals surface area contributed by atoms with Crippen LogP contribution in [0.1, 0.15) is 20.7 Å². The molecule has 0 bridgehead atoms. The third-order valence-electron chi connectivity index (χ3n) is 4.52. The van der Waals surface area contributed by atoms with Crippen molar-refractivity contribution in [2.45, 2.75) is 6.54 Å². The molecule has 0 unspecified atom stereocenters. The van der Waals surface area contributed by atoms with Crippen LogP contribution in [0.15, 0.2) is 40.2 Å². The third-order valence-corrected chi connectivity index (χ3v) is 4.52. The number of amides is 2. The van der Waals surface area contributed by atoms with E-state index >= 15 is 0 Å². The average Bonchev–Trinajstić information content (AvgIpc) is 3.20. The van der Waals surface area contributed by atoms with Crippen molar-refractivity contribution in [3.63, 3.8) is 0 Å². The second kappa shape index (κ2) is 6.02. The molecule has 3 heterocycles. The van der Waals surface area contributed by atoms with Gasteiger partial charge in [0.2, 0.25) is 0 Å². The molecule has 0 fully saturated rings. The molecule has 4 rings (SSSR count). The van der Waals surface area contributed by atoms with E-state index in [1.807, 2.05) is 0 Å². The number of rotatable bonds is 4. The van der Waals surface area contributed by atoms with Crippen LogP contribution in [0.4, 0.5) is 0 Å². The number of hydroxylamine groups is 2. The highest BCUT2D eigenvalue weighted by molar-refractivity contribution is 6.20. The van der Waals surface area contributed by atoms with E-state index in [4.69, 9.17) is 4.84 Å². The van der Waals surface area contributed by atoms with Crippen molar-refractivity contribution in [3.8, 4) is 0 Å². The summed E-state index contributed by atoms with van der Waals surface area (Å²) in [6, 6.07) is 6.47. The molecule has 3 aromatic rings. The van der Waals surface area contributed by atoms with Crippen LogP contribution < -0.4 is 11.2 Å². The summed E-state index contributed by atoms with van der Waals surface area (Å²) >= 11 is 0. The Labute approximate surface area is 151 Å². The maximum absolute atomic E-state index is 12.3. The van der Waals surface area contributed by atoms with E-state index in [9.17, 15) is 19.2 Å². The quantitative estimate of drug-likeness (QED) is 0.582. The molecular formula is C17H15N5O5. The molecule has 1 aliphatic rings. The molecule has 138 valence electrons. The number of imidazole rings is 1. The number of hydrogen-bond donors (Lipinski definition) is 0. The van der Waals surface area contributed by atoms with Crippen LogP contribution in [0.25, 0.3) is 11.2 Å². The maximum Gasteiger partial charge on any atom is 0.332 e. The van der Waals surface area contributed by atoms with Gasteiger partial charge in [-0.1, -0.05) is 12.1 Å². The highest BCUT2D eigenvalue weighted by atomic mass is 16.7. The first-order valence-electron chi connectivity index (χ1n) is 8.13. The average molecular weight is 369 g/mol. The van der Waals surface area contributed by atoms with Gasteiger partial charge in [0.25, 0.3) is 17.4 Å². The van der Waals surface area contributed by atoms with Gasteiger partial charge in [0, 0.05) is 14.1 Å². The van der Waals surface area contributed by atoms with Crippen LogP contribution in [0.2, 0.25) is 0 Å². The predicted octanol–water partition coefficient (Wildman–Crippen LogP) is -0.339. The number of fused-ring (bicyclic) bond motifs is 2. The van der Waals surface area contributed by atoms with Crippen molar-refractivity contribution in [2.75, 3.05) is 6.61 Å². The molecular weight excluding hydrogens is 354 g/mol. The summed E-state index contributed by atoms with van der Waals surface area (Å²) in [5.74, 6) is -1.04. The van der Waals surface area contributed by atoms with Crippen LogP contribution in [-0.2, 0) is 25.5 Å². The van der Waals surface area contributed by atoms with Crippen molar-refractivity contribution in [1.82, 2.24) is 23.7 Å². The van der Waals surface area contributed by atoms with Gasteiger partial charge in [0.15, 0.2) is 5.52 Å². The first-order valence-corrected chi connectivity index (χ1v) is 8.13. The Morgan fingerprint density at radius 3 is 2.22 bits per heavy atom. The van der Waals surface area contributed by atoms with Crippen molar-refractivity contribution in [2.24, 2.45) is 14.1 Å². The van der Waals surface area contributed by atoms with Crippen LogP contribution in [0.3, 0.4) is 0 Å². The fourth-order valence-corrected chi connectivity index (χ4v) is 3.12. The standard InChI is InChI=1S/C17H15N5O5/c1-19-13-12(16(25)20(2)17(19)26)18-9-21(13)7-8-27-22-14(23)10-5-3-4-6-11(10)15(22)24/h3-6,9H,7-8H2,1-2H3. The zero-order valence-corrected chi connectivity index (χ0v) is 14.6. The van der Waals surface area contributed by atoms with Crippen LogP contribution >= 0.6 is 0 Å². The molecule has 10 heteroatoms. The number of imide groups is 1. The van der Waals surface area contributed by atoms with Crippen molar-refractivity contribution >= 4 is 23.0 Å². The molecule has 0 radical (unpaired) electrons. The lowest BCUT2D eigenvalue weighted by molar-refractivity contribution is -0.0933. The van der Waals surface area contributed by atoms with Gasteiger partial charge >= 0.3 is 5.69 Å². The molecule has 0 atom stereocenters. The second-order valence-electron chi connectivity index (χ2n) is 6.10. The van der Waals surface area contributed by atoms with E-state index < -0.39 is 23.1 Å². The lowest BCUT2D eigenvalue weighted by atomic mass is 10.1. The molecule has 0 spiro atoms. The lowest BCUT2D eigenvalue weighted by Gasteiger charge is -2.14. The molecule has 10 nitrogen and oxygen atoms in total. The minimum Gasteiger partial charge on any atom is -0.314 e. The summed E-state index contributed by atoms with van der Waals surface area (Å²) in [4.78, 5) is 58.2. The molecule has 2 amide bonds. The Balaban J connectivity index is 1.56. The third kappa shape index (κ3) is 2.41. The minimum absolute atomic E-state index is 0.0275. The van der Waals surface area contributed by atoms with Crippen molar-refractivity contribution < 1.29 is 14.4 Å². The number of aromatic nitrogens is 4. The van der Waals surface area contributed by atoms with Crippen molar-refractivity contribution in [1.29, 1.82) is 0 Å². The Morgan fingerprint density at radius 2 is 1.59 bits per heavy atom. The van der Waals surface area contributed by atoms with E-state index in [0.717, 1.165) is 9.63 Å². The summed E-state index contributed by atoms with van der Waals surface area (Å²) < 4.78 is 3.86. The highest BCUT2D eigenvalue weighted by Crippen LogP contribution is 2.22. The van der Waals surface area contributed by atoms with Gasteiger partial charge in [-0.3, -0.25) is 28.4 Å². The lowest BCUT2D eigenvalue weighted by Crippen LogP contribution is -2.37. The van der Waals surface area contributed by atoms with E-state index in [2.05, 4.69) is 4.98 Å². The summed E-state index contributed by atoms with van der Waals surface area (Å²) in [6.45, 7) is 0.157. The van der Waals surface area contributed by atoms with Crippen LogP contribution in [0.5, 0.6) is 0 Å². The van der Waals surface area contributed by atoms with Crippen molar-refractivity contribution in [3.05, 3.63) is 62.6 Å². The first-order chi connectivity index (χ1) is 12.9. The van der Waals surface area contributed by atoms with Gasteiger partial charge in [-0.25, -0.2) is 9.78 Å². The summed E-state index contributed by atoms with van der Waals surface area (Å²) in [5.41, 5.74) is 0.112. The van der Waals surface area contributed by atoms with E-state index in [1.54, 1.807) is 28.8 Å². The Kier molecular flexibility index (Phi) is 3.77. The molecule has 0 saturated carbocycles. The number of hydrogen-bond acceptors (Lipinski definition) is 6. The molecule has 2 aromatic heterocycles. The largest absolute Gasteiger partial charge is 0.332 e. The van der Waals surface area contributed by atoms with Crippen LogP contribution in [0, 0.1) is 0 Å². The monoisotopic (exact) mass is 369 g/mol. The highest BCUT2D eigenvalue weighted by Gasteiger charge is 2.36. The normalized spacial score (nSPS) is 13.6.